The fourth-order valence-corrected chi connectivity index (χ4v) is 4.61. The molecule has 1 aliphatic heterocycles. The molecule has 1 atom stereocenters. The van der Waals surface area contributed by atoms with Gasteiger partial charge in [-0.15, -0.1) is 0 Å². The van der Waals surface area contributed by atoms with Crippen molar-refractivity contribution in [1.82, 2.24) is 10.6 Å². The Morgan fingerprint density at radius 1 is 0.842 bits per heavy atom. The lowest BCUT2D eigenvalue weighted by molar-refractivity contribution is 0.119. The molecule has 2 N–H and O–H groups in total. The first-order valence-electron chi connectivity index (χ1n) is 8.12. The van der Waals surface area contributed by atoms with Gasteiger partial charge in [0.05, 0.1) is 0 Å². The number of nitrogens with one attached hydrogen (secondary N) is 2. The van der Waals surface area contributed by atoms with E-state index in [4.69, 9.17) is 0 Å². The van der Waals surface area contributed by atoms with Crippen LogP contribution in [0.3, 0.4) is 0 Å². The second-order valence-corrected chi connectivity index (χ2v) is 9.12. The van der Waals surface area contributed by atoms with Gasteiger partial charge in [-0.25, -0.2) is 0 Å². The summed E-state index contributed by atoms with van der Waals surface area (Å²) in [5, 5.41) is 7.76. The molecule has 0 amide bonds. The smallest absolute Gasteiger partial charge is 0.0144 e. The Labute approximate surface area is 120 Å². The van der Waals surface area contributed by atoms with Gasteiger partial charge in [0.25, 0.3) is 0 Å². The van der Waals surface area contributed by atoms with Gasteiger partial charge < -0.3 is 10.6 Å². The van der Waals surface area contributed by atoms with Gasteiger partial charge in [0.15, 0.2) is 0 Å². The Morgan fingerprint density at radius 3 is 1.95 bits per heavy atom. The Kier molecular flexibility index (Phi) is 4.06. The molecule has 19 heavy (non-hydrogen) atoms. The van der Waals surface area contributed by atoms with Crippen LogP contribution in [0.4, 0.5) is 0 Å². The Bertz CT molecular complexity index is 301. The van der Waals surface area contributed by atoms with Crippen LogP contribution in [-0.2, 0) is 0 Å². The molecular formula is C17H34N2. The first-order chi connectivity index (χ1) is 8.57. The minimum atomic E-state index is 0.254. The van der Waals surface area contributed by atoms with Crippen LogP contribution in [0.5, 0.6) is 0 Å². The quantitative estimate of drug-likeness (QED) is 0.793. The third kappa shape index (κ3) is 4.46. The Morgan fingerprint density at radius 2 is 1.42 bits per heavy atom. The predicted molar refractivity (Wildman–Crippen MR) is 83.5 cm³/mol. The van der Waals surface area contributed by atoms with Crippen LogP contribution in [0.1, 0.15) is 80.1 Å². The van der Waals surface area contributed by atoms with Crippen molar-refractivity contribution in [1.29, 1.82) is 0 Å². The number of hydrogen-bond donors (Lipinski definition) is 2. The highest BCUT2D eigenvalue weighted by molar-refractivity contribution is 5.00. The average Bonchev–Trinajstić information content (AvgIpc) is 2.09. The molecule has 2 rings (SSSR count). The molecule has 2 nitrogen and oxygen atoms in total. The van der Waals surface area contributed by atoms with Crippen LogP contribution < -0.4 is 10.6 Å². The maximum Gasteiger partial charge on any atom is 0.0144 e. The molecule has 1 saturated heterocycles. The maximum absolute atomic E-state index is 3.98. The third-order valence-electron chi connectivity index (χ3n) is 4.87. The zero-order valence-corrected chi connectivity index (χ0v) is 13.9. The van der Waals surface area contributed by atoms with Gasteiger partial charge in [-0.3, -0.25) is 0 Å². The van der Waals surface area contributed by atoms with Gasteiger partial charge in [0.1, 0.15) is 0 Å². The number of rotatable bonds is 2. The van der Waals surface area contributed by atoms with E-state index in [1.165, 1.54) is 38.5 Å². The van der Waals surface area contributed by atoms with E-state index < -0.39 is 0 Å². The van der Waals surface area contributed by atoms with E-state index in [9.17, 15) is 0 Å². The standard InChI is InChI=1S/C17H34N2/c1-15(2)9-7-8-13(10-15)18-14-11-16(3,4)19-17(5,6)12-14/h13-14,18-19H,7-12H2,1-6H3. The highest BCUT2D eigenvalue weighted by Gasteiger charge is 2.39. The summed E-state index contributed by atoms with van der Waals surface area (Å²) < 4.78 is 0. The molecule has 112 valence electrons. The summed E-state index contributed by atoms with van der Waals surface area (Å²) in [7, 11) is 0. The first-order valence-corrected chi connectivity index (χ1v) is 8.12. The van der Waals surface area contributed by atoms with E-state index in [1.54, 1.807) is 0 Å². The van der Waals surface area contributed by atoms with Crippen molar-refractivity contribution >= 4 is 0 Å². The second-order valence-electron chi connectivity index (χ2n) is 9.12. The molecule has 0 aromatic heterocycles. The van der Waals surface area contributed by atoms with Crippen LogP contribution in [0.25, 0.3) is 0 Å². The molecule has 0 aromatic rings. The molecular weight excluding hydrogens is 232 g/mol. The lowest BCUT2D eigenvalue weighted by atomic mass is 9.74. The van der Waals surface area contributed by atoms with Crippen molar-refractivity contribution in [2.24, 2.45) is 5.41 Å². The summed E-state index contributed by atoms with van der Waals surface area (Å²) in [5.41, 5.74) is 1.04. The summed E-state index contributed by atoms with van der Waals surface area (Å²) in [4.78, 5) is 0. The topological polar surface area (TPSA) is 24.1 Å². The van der Waals surface area contributed by atoms with E-state index >= 15 is 0 Å². The zero-order valence-electron chi connectivity index (χ0n) is 13.9. The van der Waals surface area contributed by atoms with Crippen molar-refractivity contribution in [3.63, 3.8) is 0 Å². The van der Waals surface area contributed by atoms with Crippen LogP contribution in [-0.4, -0.2) is 23.2 Å². The van der Waals surface area contributed by atoms with Gasteiger partial charge >= 0.3 is 0 Å². The first kappa shape index (κ1) is 15.3. The van der Waals surface area contributed by atoms with E-state index in [2.05, 4.69) is 52.2 Å². The SMILES string of the molecule is CC1(C)CCCC(NC2CC(C)(C)NC(C)(C)C2)C1. The third-order valence-corrected chi connectivity index (χ3v) is 4.87. The van der Waals surface area contributed by atoms with Crippen molar-refractivity contribution in [3.8, 4) is 0 Å². The predicted octanol–water partition coefficient (Wildman–Crippen LogP) is 3.85. The molecule has 2 heteroatoms. The van der Waals surface area contributed by atoms with Gasteiger partial charge in [0.2, 0.25) is 0 Å². The van der Waals surface area contributed by atoms with E-state index in [-0.39, 0.29) is 11.1 Å². The average molecular weight is 266 g/mol. The van der Waals surface area contributed by atoms with Gasteiger partial charge in [-0.05, 0) is 65.2 Å². The summed E-state index contributed by atoms with van der Waals surface area (Å²) in [6, 6.07) is 1.41. The fourth-order valence-electron chi connectivity index (χ4n) is 4.61. The summed E-state index contributed by atoms with van der Waals surface area (Å²) in [5.74, 6) is 0. The molecule has 1 heterocycles. The molecule has 0 radical (unpaired) electrons. The van der Waals surface area contributed by atoms with Crippen molar-refractivity contribution < 1.29 is 0 Å². The molecule has 1 unspecified atom stereocenters. The molecule has 0 spiro atoms. The second kappa shape index (κ2) is 5.04. The summed E-state index contributed by atoms with van der Waals surface area (Å²) in [6.45, 7) is 14.2. The Balaban J connectivity index is 1.95. The fraction of sp³-hybridized carbons (Fsp3) is 1.00. The molecule has 2 aliphatic rings. The molecule has 0 bridgehead atoms. The highest BCUT2D eigenvalue weighted by atomic mass is 15.1. The Hall–Kier alpha value is -0.0800. The van der Waals surface area contributed by atoms with Crippen molar-refractivity contribution in [2.75, 3.05) is 0 Å². The molecule has 1 saturated carbocycles. The zero-order chi connectivity index (χ0) is 14.3. The lowest BCUT2D eigenvalue weighted by Gasteiger charge is -2.48. The van der Waals surface area contributed by atoms with Gasteiger partial charge in [0, 0.05) is 23.2 Å². The molecule has 1 aliphatic carbocycles. The minimum Gasteiger partial charge on any atom is -0.311 e. The van der Waals surface area contributed by atoms with Crippen molar-refractivity contribution in [3.05, 3.63) is 0 Å². The summed E-state index contributed by atoms with van der Waals surface area (Å²) >= 11 is 0. The largest absolute Gasteiger partial charge is 0.311 e. The van der Waals surface area contributed by atoms with E-state index in [1.807, 2.05) is 0 Å². The van der Waals surface area contributed by atoms with E-state index in [0.29, 0.717) is 11.5 Å². The van der Waals surface area contributed by atoms with Crippen LogP contribution in [0, 0.1) is 5.41 Å². The van der Waals surface area contributed by atoms with Gasteiger partial charge in [-0.2, -0.15) is 0 Å². The normalized spacial score (nSPS) is 34.1. The van der Waals surface area contributed by atoms with Crippen molar-refractivity contribution in [2.45, 2.75) is 103 Å². The van der Waals surface area contributed by atoms with Crippen LogP contribution >= 0.6 is 0 Å². The van der Waals surface area contributed by atoms with Gasteiger partial charge in [-0.1, -0.05) is 20.3 Å². The lowest BCUT2D eigenvalue weighted by Crippen LogP contribution is -2.62. The maximum atomic E-state index is 3.98. The molecule has 2 fully saturated rings. The van der Waals surface area contributed by atoms with E-state index in [0.717, 1.165) is 6.04 Å². The highest BCUT2D eigenvalue weighted by Crippen LogP contribution is 2.36. The monoisotopic (exact) mass is 266 g/mol. The van der Waals surface area contributed by atoms with Crippen LogP contribution in [0.15, 0.2) is 0 Å². The number of hydrogen-bond acceptors (Lipinski definition) is 2. The minimum absolute atomic E-state index is 0.254. The molecule has 0 aromatic carbocycles. The number of piperidine rings is 1. The van der Waals surface area contributed by atoms with Crippen LogP contribution in [0.2, 0.25) is 0 Å². The summed E-state index contributed by atoms with van der Waals surface area (Å²) in [6.07, 6.45) is 7.99.